The zero-order valence-corrected chi connectivity index (χ0v) is 13.1. The van der Waals surface area contributed by atoms with E-state index in [0.717, 1.165) is 37.8 Å². The number of ether oxygens (including phenoxy) is 1. The molecule has 0 amide bonds. The molecule has 116 valence electrons. The molecule has 1 unspecified atom stereocenters. The van der Waals surface area contributed by atoms with Gasteiger partial charge in [-0.15, -0.1) is 0 Å². The molecule has 1 saturated heterocycles. The lowest BCUT2D eigenvalue weighted by Crippen LogP contribution is -2.53. The molecule has 3 atom stereocenters. The van der Waals surface area contributed by atoms with Crippen molar-refractivity contribution in [3.05, 3.63) is 34.9 Å². The molecule has 2 heterocycles. The lowest BCUT2D eigenvalue weighted by Gasteiger charge is -2.42. The van der Waals surface area contributed by atoms with Crippen LogP contribution in [0.4, 0.5) is 0 Å². The molecule has 0 aromatic heterocycles. The van der Waals surface area contributed by atoms with Crippen LogP contribution in [0.3, 0.4) is 0 Å². The zero-order valence-electron chi connectivity index (χ0n) is 12.3. The van der Waals surface area contributed by atoms with Gasteiger partial charge in [-0.25, -0.2) is 4.99 Å². The average Bonchev–Trinajstić information content (AvgIpc) is 3.02. The maximum atomic E-state index is 12.9. The van der Waals surface area contributed by atoms with E-state index in [1.807, 2.05) is 24.3 Å². The smallest absolute Gasteiger partial charge is 0.205 e. The van der Waals surface area contributed by atoms with Crippen LogP contribution < -0.4 is 5.32 Å². The van der Waals surface area contributed by atoms with Gasteiger partial charge in [0, 0.05) is 10.6 Å². The standard InChI is InChI=1S/C17H19ClN2O2/c18-12-6-2-1-5-11(12)17-9-3-8-14(15(17)21)22-16(20-17)13-7-4-10-19-13/h1-2,5-6,13-14,19H,3-4,7-10H2/t13?,14-,17-/m0/s1. The van der Waals surface area contributed by atoms with Crippen LogP contribution in [0.2, 0.25) is 5.02 Å². The predicted molar refractivity (Wildman–Crippen MR) is 85.3 cm³/mol. The number of nitrogens with one attached hydrogen (secondary N) is 1. The Kier molecular flexibility index (Phi) is 3.46. The fraction of sp³-hybridized carbons (Fsp3) is 0.529. The number of hydrogen-bond donors (Lipinski definition) is 1. The van der Waals surface area contributed by atoms with Crippen LogP contribution in [0.1, 0.15) is 37.7 Å². The summed E-state index contributed by atoms with van der Waals surface area (Å²) in [7, 11) is 0. The summed E-state index contributed by atoms with van der Waals surface area (Å²) in [5.74, 6) is 0.760. The molecule has 1 saturated carbocycles. The molecule has 0 radical (unpaired) electrons. The van der Waals surface area contributed by atoms with E-state index in [-0.39, 0.29) is 17.9 Å². The van der Waals surface area contributed by atoms with E-state index in [1.165, 1.54) is 0 Å². The maximum Gasteiger partial charge on any atom is 0.205 e. The molecule has 4 nitrogen and oxygen atoms in total. The topological polar surface area (TPSA) is 50.7 Å². The van der Waals surface area contributed by atoms with Crippen LogP contribution in [0.15, 0.2) is 29.3 Å². The first-order valence-electron chi connectivity index (χ1n) is 8.00. The number of carbonyl (C=O) groups excluding carboxylic acids is 1. The molecule has 2 bridgehead atoms. The Balaban J connectivity index is 1.84. The van der Waals surface area contributed by atoms with Crippen LogP contribution in [-0.4, -0.2) is 30.4 Å². The molecular weight excluding hydrogens is 300 g/mol. The van der Waals surface area contributed by atoms with Crippen molar-refractivity contribution in [2.45, 2.75) is 49.8 Å². The predicted octanol–water partition coefficient (Wildman–Crippen LogP) is 2.84. The first-order valence-corrected chi connectivity index (χ1v) is 8.38. The second kappa shape index (κ2) is 5.36. The summed E-state index contributed by atoms with van der Waals surface area (Å²) in [6, 6.07) is 7.70. The molecule has 4 rings (SSSR count). The summed E-state index contributed by atoms with van der Waals surface area (Å²) in [5.41, 5.74) is -0.0239. The molecule has 2 fully saturated rings. The van der Waals surface area contributed by atoms with E-state index in [4.69, 9.17) is 21.3 Å². The third-order valence-corrected chi connectivity index (χ3v) is 5.28. The summed E-state index contributed by atoms with van der Waals surface area (Å²) < 4.78 is 5.93. The first kappa shape index (κ1) is 14.2. The number of fused-ring (bicyclic) bond motifs is 2. The Hall–Kier alpha value is -1.39. The highest BCUT2D eigenvalue weighted by atomic mass is 35.5. The quantitative estimate of drug-likeness (QED) is 0.912. The van der Waals surface area contributed by atoms with Gasteiger partial charge in [-0.3, -0.25) is 4.79 Å². The molecule has 3 aliphatic rings. The van der Waals surface area contributed by atoms with Gasteiger partial charge < -0.3 is 10.1 Å². The average molecular weight is 319 g/mol. The lowest BCUT2D eigenvalue weighted by molar-refractivity contribution is -0.137. The van der Waals surface area contributed by atoms with Crippen LogP contribution >= 0.6 is 11.6 Å². The van der Waals surface area contributed by atoms with Gasteiger partial charge >= 0.3 is 0 Å². The van der Waals surface area contributed by atoms with Crippen LogP contribution in [0.5, 0.6) is 0 Å². The molecule has 5 heteroatoms. The Labute approximate surface area is 134 Å². The van der Waals surface area contributed by atoms with E-state index in [2.05, 4.69) is 5.32 Å². The Morgan fingerprint density at radius 1 is 1.27 bits per heavy atom. The highest BCUT2D eigenvalue weighted by Gasteiger charge is 2.52. The summed E-state index contributed by atoms with van der Waals surface area (Å²) in [5, 5.41) is 4.03. The SMILES string of the molecule is O=C1[C@@H]2CCC[C@@]1(c1ccccc1Cl)N=C(C1CCCN1)O2. The van der Waals surface area contributed by atoms with E-state index >= 15 is 0 Å². The summed E-state index contributed by atoms with van der Waals surface area (Å²) >= 11 is 6.39. The van der Waals surface area contributed by atoms with Crippen LogP contribution in [-0.2, 0) is 15.1 Å². The zero-order chi connectivity index (χ0) is 15.2. The van der Waals surface area contributed by atoms with E-state index in [1.54, 1.807) is 0 Å². The number of nitrogens with zero attached hydrogens (tertiary/aromatic N) is 1. The highest BCUT2D eigenvalue weighted by molar-refractivity contribution is 6.32. The van der Waals surface area contributed by atoms with E-state index < -0.39 is 5.54 Å². The third kappa shape index (κ3) is 2.09. The van der Waals surface area contributed by atoms with Gasteiger partial charge in [0.1, 0.15) is 0 Å². The summed E-state index contributed by atoms with van der Waals surface area (Å²) in [6.07, 6.45) is 4.17. The fourth-order valence-corrected chi connectivity index (χ4v) is 4.12. The van der Waals surface area contributed by atoms with Gasteiger partial charge in [-0.1, -0.05) is 29.8 Å². The van der Waals surface area contributed by atoms with Crippen molar-refractivity contribution >= 4 is 23.3 Å². The number of aliphatic imine (C=N–C) groups is 1. The third-order valence-electron chi connectivity index (χ3n) is 4.95. The maximum absolute atomic E-state index is 12.9. The largest absolute Gasteiger partial charge is 0.468 e. The number of halogens is 1. The van der Waals surface area contributed by atoms with Crippen molar-refractivity contribution in [3.8, 4) is 0 Å². The molecule has 1 aromatic carbocycles. The lowest BCUT2D eigenvalue weighted by atomic mass is 9.73. The molecule has 1 aliphatic carbocycles. The fourth-order valence-electron chi connectivity index (χ4n) is 3.83. The molecule has 2 aliphatic heterocycles. The minimum absolute atomic E-state index is 0.0635. The molecule has 1 aromatic rings. The molecular formula is C17H19ClN2O2. The number of Topliss-reactive ketones (excluding diaryl/α,β-unsaturated/α-hetero) is 1. The number of hydrogen-bond acceptors (Lipinski definition) is 4. The number of ketones is 1. The van der Waals surface area contributed by atoms with Gasteiger partial charge in [-0.05, 0) is 44.7 Å². The second-order valence-corrected chi connectivity index (χ2v) is 6.71. The Morgan fingerprint density at radius 2 is 2.14 bits per heavy atom. The van der Waals surface area contributed by atoms with Crippen LogP contribution in [0, 0.1) is 0 Å². The van der Waals surface area contributed by atoms with Crippen molar-refractivity contribution in [3.63, 3.8) is 0 Å². The van der Waals surface area contributed by atoms with Crippen molar-refractivity contribution in [2.75, 3.05) is 6.54 Å². The number of benzene rings is 1. The summed E-state index contributed by atoms with van der Waals surface area (Å²) in [4.78, 5) is 17.8. The van der Waals surface area contributed by atoms with Crippen molar-refractivity contribution in [1.29, 1.82) is 0 Å². The summed E-state index contributed by atoms with van der Waals surface area (Å²) in [6.45, 7) is 0.977. The highest BCUT2D eigenvalue weighted by Crippen LogP contribution is 2.44. The van der Waals surface area contributed by atoms with Crippen molar-refractivity contribution in [2.24, 2.45) is 4.99 Å². The molecule has 22 heavy (non-hydrogen) atoms. The van der Waals surface area contributed by atoms with Gasteiger partial charge in [0.25, 0.3) is 0 Å². The van der Waals surface area contributed by atoms with Gasteiger partial charge in [0.15, 0.2) is 11.6 Å². The molecule has 1 N–H and O–H groups in total. The van der Waals surface area contributed by atoms with E-state index in [0.29, 0.717) is 17.3 Å². The number of rotatable bonds is 2. The minimum atomic E-state index is -0.848. The van der Waals surface area contributed by atoms with Crippen LogP contribution in [0.25, 0.3) is 0 Å². The molecule has 0 spiro atoms. The van der Waals surface area contributed by atoms with Gasteiger partial charge in [0.2, 0.25) is 11.7 Å². The van der Waals surface area contributed by atoms with Gasteiger partial charge in [-0.2, -0.15) is 0 Å². The normalized spacial score (nSPS) is 34.2. The number of carbonyl (C=O) groups is 1. The Morgan fingerprint density at radius 3 is 2.91 bits per heavy atom. The van der Waals surface area contributed by atoms with Gasteiger partial charge in [0.05, 0.1) is 6.04 Å². The monoisotopic (exact) mass is 318 g/mol. The van der Waals surface area contributed by atoms with Crippen molar-refractivity contribution in [1.82, 2.24) is 5.32 Å². The minimum Gasteiger partial charge on any atom is -0.468 e. The first-order chi connectivity index (χ1) is 10.7. The van der Waals surface area contributed by atoms with Crippen molar-refractivity contribution < 1.29 is 9.53 Å². The Bertz CT molecular complexity index is 639. The second-order valence-electron chi connectivity index (χ2n) is 6.30. The van der Waals surface area contributed by atoms with E-state index in [9.17, 15) is 4.79 Å².